The molecule has 100 valence electrons. The molecule has 0 aliphatic carbocycles. The van der Waals surface area contributed by atoms with Crippen molar-refractivity contribution in [3.63, 3.8) is 0 Å². The molecule has 0 aromatic heterocycles. The molecule has 4 heteroatoms. The molecule has 0 bridgehead atoms. The van der Waals surface area contributed by atoms with E-state index in [0.29, 0.717) is 19.7 Å². The zero-order valence-corrected chi connectivity index (χ0v) is 12.2. The predicted octanol–water partition coefficient (Wildman–Crippen LogP) is 2.62. The van der Waals surface area contributed by atoms with Crippen molar-refractivity contribution in [2.75, 3.05) is 19.7 Å². The average molecular weight is 314 g/mol. The van der Waals surface area contributed by atoms with Gasteiger partial charge in [0, 0.05) is 17.6 Å². The summed E-state index contributed by atoms with van der Waals surface area (Å²) in [5, 5.41) is 12.8. The van der Waals surface area contributed by atoms with Crippen molar-refractivity contribution < 1.29 is 9.84 Å². The third-order valence-corrected chi connectivity index (χ3v) is 2.78. The largest absolute Gasteiger partial charge is 0.389 e. The molecule has 18 heavy (non-hydrogen) atoms. The van der Waals surface area contributed by atoms with Gasteiger partial charge in [0.05, 0.1) is 18.8 Å². The van der Waals surface area contributed by atoms with Crippen LogP contribution < -0.4 is 5.32 Å². The average Bonchev–Trinajstić information content (AvgIpc) is 2.36. The van der Waals surface area contributed by atoms with E-state index in [1.807, 2.05) is 37.3 Å². The highest BCUT2D eigenvalue weighted by molar-refractivity contribution is 9.11. The van der Waals surface area contributed by atoms with Gasteiger partial charge in [-0.15, -0.1) is 0 Å². The minimum Gasteiger partial charge on any atom is -0.389 e. The number of halogens is 1. The summed E-state index contributed by atoms with van der Waals surface area (Å²) in [5.74, 6) is 0. The van der Waals surface area contributed by atoms with Gasteiger partial charge in [-0.05, 0) is 12.5 Å². The van der Waals surface area contributed by atoms with E-state index in [-0.39, 0.29) is 6.10 Å². The van der Waals surface area contributed by atoms with E-state index in [4.69, 9.17) is 4.74 Å². The number of rotatable bonds is 8. The number of hydrogen-bond acceptors (Lipinski definition) is 3. The van der Waals surface area contributed by atoms with Gasteiger partial charge in [-0.25, -0.2) is 0 Å². The Morgan fingerprint density at radius 3 is 2.72 bits per heavy atom. The fourth-order valence-electron chi connectivity index (χ4n) is 1.51. The minimum atomic E-state index is -0.511. The molecule has 0 aliphatic heterocycles. The maximum atomic E-state index is 9.73. The number of hydrogen-bond donors (Lipinski definition) is 2. The van der Waals surface area contributed by atoms with Gasteiger partial charge < -0.3 is 15.2 Å². The maximum absolute atomic E-state index is 9.73. The van der Waals surface area contributed by atoms with Gasteiger partial charge in [0.15, 0.2) is 0 Å². The van der Waals surface area contributed by atoms with Crippen LogP contribution >= 0.6 is 15.9 Å². The van der Waals surface area contributed by atoms with E-state index in [0.717, 1.165) is 10.0 Å². The number of aliphatic hydroxyl groups excluding tert-OH is 1. The minimum absolute atomic E-state index is 0.00742. The first-order valence-corrected chi connectivity index (χ1v) is 6.77. The number of benzene rings is 1. The SMILES string of the molecule is C=C(Br)CNCC(O)COC(C)c1ccccc1. The van der Waals surface area contributed by atoms with Crippen LogP contribution in [0.1, 0.15) is 18.6 Å². The Morgan fingerprint density at radius 1 is 1.44 bits per heavy atom. The van der Waals surface area contributed by atoms with Crippen LogP contribution in [0.2, 0.25) is 0 Å². The quantitative estimate of drug-likeness (QED) is 0.775. The second-order valence-electron chi connectivity index (χ2n) is 4.19. The van der Waals surface area contributed by atoms with Gasteiger partial charge in [-0.2, -0.15) is 0 Å². The van der Waals surface area contributed by atoms with E-state index in [2.05, 4.69) is 27.8 Å². The van der Waals surface area contributed by atoms with Gasteiger partial charge in [0.2, 0.25) is 0 Å². The van der Waals surface area contributed by atoms with Crippen molar-refractivity contribution in [2.24, 2.45) is 0 Å². The summed E-state index contributed by atoms with van der Waals surface area (Å²) in [7, 11) is 0. The summed E-state index contributed by atoms with van der Waals surface area (Å²) in [5.41, 5.74) is 1.12. The lowest BCUT2D eigenvalue weighted by atomic mass is 10.1. The summed E-state index contributed by atoms with van der Waals surface area (Å²) in [4.78, 5) is 0. The van der Waals surface area contributed by atoms with Gasteiger partial charge >= 0.3 is 0 Å². The second-order valence-corrected chi connectivity index (χ2v) is 5.31. The molecule has 0 spiro atoms. The summed E-state index contributed by atoms with van der Waals surface area (Å²) < 4.78 is 6.49. The molecular weight excluding hydrogens is 294 g/mol. The molecule has 0 saturated carbocycles. The van der Waals surface area contributed by atoms with Crippen LogP contribution in [0.3, 0.4) is 0 Å². The topological polar surface area (TPSA) is 41.5 Å². The van der Waals surface area contributed by atoms with Crippen molar-refractivity contribution in [3.05, 3.63) is 47.0 Å². The summed E-state index contributed by atoms with van der Waals surface area (Å²) in [6, 6.07) is 9.97. The lowest BCUT2D eigenvalue weighted by Crippen LogP contribution is -2.31. The molecule has 2 atom stereocenters. The van der Waals surface area contributed by atoms with Crippen LogP contribution in [-0.4, -0.2) is 30.9 Å². The second kappa shape index (κ2) is 8.43. The van der Waals surface area contributed by atoms with Crippen LogP contribution in [-0.2, 0) is 4.74 Å². The Labute approximate surface area is 117 Å². The zero-order valence-electron chi connectivity index (χ0n) is 10.6. The first-order chi connectivity index (χ1) is 8.59. The Balaban J connectivity index is 2.22. The van der Waals surface area contributed by atoms with Gasteiger partial charge in [-0.1, -0.05) is 52.8 Å². The van der Waals surface area contributed by atoms with E-state index in [9.17, 15) is 5.11 Å². The van der Waals surface area contributed by atoms with Gasteiger partial charge in [0.25, 0.3) is 0 Å². The van der Waals surface area contributed by atoms with Crippen molar-refractivity contribution in [1.82, 2.24) is 5.32 Å². The number of ether oxygens (including phenoxy) is 1. The van der Waals surface area contributed by atoms with Crippen molar-refractivity contribution in [3.8, 4) is 0 Å². The normalized spacial score (nSPS) is 14.2. The monoisotopic (exact) mass is 313 g/mol. The molecule has 0 fully saturated rings. The number of nitrogens with one attached hydrogen (secondary N) is 1. The first-order valence-electron chi connectivity index (χ1n) is 5.98. The maximum Gasteiger partial charge on any atom is 0.0898 e. The molecule has 3 nitrogen and oxygen atoms in total. The van der Waals surface area contributed by atoms with Crippen molar-refractivity contribution in [1.29, 1.82) is 0 Å². The molecule has 2 N–H and O–H groups in total. The van der Waals surface area contributed by atoms with E-state index in [1.165, 1.54) is 0 Å². The predicted molar refractivity (Wildman–Crippen MR) is 77.8 cm³/mol. The molecule has 1 aromatic carbocycles. The summed E-state index contributed by atoms with van der Waals surface area (Å²) in [6.07, 6.45) is -0.519. The molecule has 0 aliphatic rings. The first kappa shape index (κ1) is 15.4. The number of aliphatic hydroxyl groups is 1. The highest BCUT2D eigenvalue weighted by atomic mass is 79.9. The standard InChI is InChI=1S/C14H20BrNO2/c1-11(15)8-16-9-14(17)10-18-12(2)13-6-4-3-5-7-13/h3-7,12,14,16-17H,1,8-10H2,2H3. The highest BCUT2D eigenvalue weighted by Crippen LogP contribution is 2.15. The molecule has 1 aromatic rings. The van der Waals surface area contributed by atoms with E-state index < -0.39 is 6.10 Å². The molecule has 1 rings (SSSR count). The lowest BCUT2D eigenvalue weighted by Gasteiger charge is -2.17. The van der Waals surface area contributed by atoms with Crippen LogP contribution in [0, 0.1) is 0 Å². The van der Waals surface area contributed by atoms with Crippen LogP contribution in [0.25, 0.3) is 0 Å². The highest BCUT2D eigenvalue weighted by Gasteiger charge is 2.09. The third-order valence-electron chi connectivity index (χ3n) is 2.50. The van der Waals surface area contributed by atoms with Crippen LogP contribution in [0.4, 0.5) is 0 Å². The smallest absolute Gasteiger partial charge is 0.0898 e. The Morgan fingerprint density at radius 2 is 2.11 bits per heavy atom. The van der Waals surface area contributed by atoms with Gasteiger partial charge in [0.1, 0.15) is 0 Å². The van der Waals surface area contributed by atoms with Crippen molar-refractivity contribution >= 4 is 15.9 Å². The summed E-state index contributed by atoms with van der Waals surface area (Å²) in [6.45, 7) is 7.14. The third kappa shape index (κ3) is 6.31. The van der Waals surface area contributed by atoms with Crippen molar-refractivity contribution in [2.45, 2.75) is 19.1 Å². The molecule has 0 heterocycles. The zero-order chi connectivity index (χ0) is 13.4. The Bertz CT molecular complexity index is 356. The molecular formula is C14H20BrNO2. The van der Waals surface area contributed by atoms with Gasteiger partial charge in [-0.3, -0.25) is 0 Å². The van der Waals surface area contributed by atoms with E-state index >= 15 is 0 Å². The van der Waals surface area contributed by atoms with Crippen LogP contribution in [0.15, 0.2) is 41.4 Å². The fraction of sp³-hybridized carbons (Fsp3) is 0.429. The fourth-order valence-corrected chi connectivity index (χ4v) is 1.71. The molecule has 0 saturated heterocycles. The molecule has 0 radical (unpaired) electrons. The summed E-state index contributed by atoms with van der Waals surface area (Å²) >= 11 is 3.25. The molecule has 2 unspecified atom stereocenters. The Kier molecular flexibility index (Phi) is 7.20. The molecule has 0 amide bonds. The van der Waals surface area contributed by atoms with Crippen LogP contribution in [0.5, 0.6) is 0 Å². The van der Waals surface area contributed by atoms with E-state index in [1.54, 1.807) is 0 Å². The Hall–Kier alpha value is -0.680. The lowest BCUT2D eigenvalue weighted by molar-refractivity contribution is -0.00171.